The molecule has 2 rings (SSSR count). The van der Waals surface area contributed by atoms with Crippen LogP contribution in [0.5, 0.6) is 0 Å². The number of nitrogens with one attached hydrogen (secondary N) is 1. The number of Topliss-reactive ketones (excluding diaryl/α,β-unsaturated/α-hetero) is 1. The van der Waals surface area contributed by atoms with Crippen molar-refractivity contribution in [3.8, 4) is 0 Å². The Kier molecular flexibility index (Phi) is 4.68. The second-order valence-electron chi connectivity index (χ2n) is 4.98. The van der Waals surface area contributed by atoms with Gasteiger partial charge in [0.1, 0.15) is 0 Å². The predicted octanol–water partition coefficient (Wildman–Crippen LogP) is 2.31. The summed E-state index contributed by atoms with van der Waals surface area (Å²) in [5.41, 5.74) is 1.32. The second-order valence-corrected chi connectivity index (χ2v) is 4.98. The summed E-state index contributed by atoms with van der Waals surface area (Å²) in [7, 11) is 0. The minimum absolute atomic E-state index is 0.00704. The van der Waals surface area contributed by atoms with Crippen molar-refractivity contribution >= 4 is 17.4 Å². The maximum Gasteiger partial charge on any atom is 0.225 e. The Bertz CT molecular complexity index is 465. The maximum absolute atomic E-state index is 11.8. The van der Waals surface area contributed by atoms with Crippen LogP contribution >= 0.6 is 0 Å². The average molecular weight is 260 g/mol. The first-order valence-electron chi connectivity index (χ1n) is 6.78. The van der Waals surface area contributed by atoms with Crippen LogP contribution in [0.3, 0.4) is 0 Å². The van der Waals surface area contributed by atoms with Gasteiger partial charge in [0.15, 0.2) is 5.78 Å². The van der Waals surface area contributed by atoms with E-state index in [9.17, 15) is 9.59 Å². The molecule has 1 fully saturated rings. The summed E-state index contributed by atoms with van der Waals surface area (Å²) < 4.78 is 0. The molecule has 1 heterocycles. The van der Waals surface area contributed by atoms with Crippen LogP contribution in [-0.2, 0) is 4.79 Å². The number of rotatable bonds is 5. The SMILES string of the molecule is CC(=O)c1cccc(NC(=O)CCN2CCCC2)c1. The normalized spacial score (nSPS) is 15.4. The number of carbonyl (C=O) groups is 2. The van der Waals surface area contributed by atoms with E-state index in [1.165, 1.54) is 19.8 Å². The Hall–Kier alpha value is -1.68. The smallest absolute Gasteiger partial charge is 0.225 e. The minimum atomic E-state index is 0.00704. The number of hydrogen-bond acceptors (Lipinski definition) is 3. The van der Waals surface area contributed by atoms with Crippen LogP contribution in [0.15, 0.2) is 24.3 Å². The molecule has 0 aromatic heterocycles. The number of amides is 1. The molecule has 0 atom stereocenters. The molecule has 4 heteroatoms. The number of likely N-dealkylation sites (tertiary alicyclic amines) is 1. The number of benzene rings is 1. The average Bonchev–Trinajstić information content (AvgIpc) is 2.90. The van der Waals surface area contributed by atoms with E-state index in [4.69, 9.17) is 0 Å². The van der Waals surface area contributed by atoms with Gasteiger partial charge in [0, 0.05) is 24.2 Å². The zero-order chi connectivity index (χ0) is 13.7. The summed E-state index contributed by atoms with van der Waals surface area (Å²) in [6, 6.07) is 7.06. The lowest BCUT2D eigenvalue weighted by atomic mass is 10.1. The van der Waals surface area contributed by atoms with E-state index in [2.05, 4.69) is 10.2 Å². The number of ketones is 1. The molecule has 1 aliphatic rings. The summed E-state index contributed by atoms with van der Waals surface area (Å²) in [5, 5.41) is 2.84. The van der Waals surface area contributed by atoms with Gasteiger partial charge in [-0.15, -0.1) is 0 Å². The van der Waals surface area contributed by atoms with E-state index in [0.717, 1.165) is 19.6 Å². The van der Waals surface area contributed by atoms with Crippen molar-refractivity contribution in [2.75, 3.05) is 25.0 Å². The maximum atomic E-state index is 11.8. The second kappa shape index (κ2) is 6.48. The van der Waals surface area contributed by atoms with Crippen LogP contribution in [0, 0.1) is 0 Å². The number of anilines is 1. The highest BCUT2D eigenvalue weighted by Crippen LogP contribution is 2.12. The summed E-state index contributed by atoms with van der Waals surface area (Å²) >= 11 is 0. The number of hydrogen-bond donors (Lipinski definition) is 1. The van der Waals surface area contributed by atoms with Gasteiger partial charge in [-0.3, -0.25) is 9.59 Å². The van der Waals surface area contributed by atoms with Gasteiger partial charge in [-0.1, -0.05) is 12.1 Å². The van der Waals surface area contributed by atoms with Crippen molar-refractivity contribution in [1.29, 1.82) is 0 Å². The molecule has 0 spiro atoms. The van der Waals surface area contributed by atoms with E-state index in [1.54, 1.807) is 24.3 Å². The van der Waals surface area contributed by atoms with Crippen molar-refractivity contribution < 1.29 is 9.59 Å². The molecule has 0 aliphatic carbocycles. The summed E-state index contributed by atoms with van der Waals surface area (Å²) in [5.74, 6) is 0.0146. The van der Waals surface area contributed by atoms with E-state index in [0.29, 0.717) is 17.7 Å². The van der Waals surface area contributed by atoms with Crippen molar-refractivity contribution in [3.63, 3.8) is 0 Å². The van der Waals surface area contributed by atoms with Gasteiger partial charge in [0.2, 0.25) is 5.91 Å². The highest BCUT2D eigenvalue weighted by atomic mass is 16.1. The van der Waals surface area contributed by atoms with Gasteiger partial charge in [0.25, 0.3) is 0 Å². The zero-order valence-electron chi connectivity index (χ0n) is 11.3. The van der Waals surface area contributed by atoms with E-state index in [1.807, 2.05) is 0 Å². The summed E-state index contributed by atoms with van der Waals surface area (Å²) in [6.45, 7) is 4.55. The molecule has 1 aliphatic heterocycles. The first-order chi connectivity index (χ1) is 9.15. The Morgan fingerprint density at radius 3 is 2.68 bits per heavy atom. The third-order valence-electron chi connectivity index (χ3n) is 3.41. The van der Waals surface area contributed by atoms with Crippen molar-refractivity contribution in [2.45, 2.75) is 26.2 Å². The Balaban J connectivity index is 1.84. The van der Waals surface area contributed by atoms with Gasteiger partial charge >= 0.3 is 0 Å². The molecule has 4 nitrogen and oxygen atoms in total. The molecule has 0 bridgehead atoms. The molecule has 0 radical (unpaired) electrons. The van der Waals surface area contributed by atoms with Crippen LogP contribution in [0.4, 0.5) is 5.69 Å². The summed E-state index contributed by atoms with van der Waals surface area (Å²) in [4.78, 5) is 25.4. The molecule has 0 unspecified atom stereocenters. The highest BCUT2D eigenvalue weighted by molar-refractivity contribution is 5.97. The fraction of sp³-hybridized carbons (Fsp3) is 0.467. The zero-order valence-corrected chi connectivity index (χ0v) is 11.3. The van der Waals surface area contributed by atoms with Gasteiger partial charge in [-0.05, 0) is 45.0 Å². The Morgan fingerprint density at radius 2 is 2.00 bits per heavy atom. The van der Waals surface area contributed by atoms with Crippen LogP contribution in [0.1, 0.15) is 36.5 Å². The lowest BCUT2D eigenvalue weighted by Crippen LogP contribution is -2.25. The van der Waals surface area contributed by atoms with Gasteiger partial charge in [-0.25, -0.2) is 0 Å². The fourth-order valence-electron chi connectivity index (χ4n) is 2.31. The van der Waals surface area contributed by atoms with Crippen LogP contribution < -0.4 is 5.32 Å². The van der Waals surface area contributed by atoms with Crippen molar-refractivity contribution in [3.05, 3.63) is 29.8 Å². The topological polar surface area (TPSA) is 49.4 Å². The van der Waals surface area contributed by atoms with Gasteiger partial charge < -0.3 is 10.2 Å². The van der Waals surface area contributed by atoms with E-state index >= 15 is 0 Å². The molecule has 1 N–H and O–H groups in total. The highest BCUT2D eigenvalue weighted by Gasteiger charge is 2.13. The molecular formula is C15H20N2O2. The lowest BCUT2D eigenvalue weighted by molar-refractivity contribution is -0.116. The monoisotopic (exact) mass is 260 g/mol. The first-order valence-corrected chi connectivity index (χ1v) is 6.78. The Morgan fingerprint density at radius 1 is 1.26 bits per heavy atom. The third kappa shape index (κ3) is 4.17. The molecule has 1 saturated heterocycles. The third-order valence-corrected chi connectivity index (χ3v) is 3.41. The van der Waals surface area contributed by atoms with Gasteiger partial charge in [-0.2, -0.15) is 0 Å². The van der Waals surface area contributed by atoms with Crippen LogP contribution in [-0.4, -0.2) is 36.2 Å². The molecule has 1 aromatic carbocycles. The van der Waals surface area contributed by atoms with Crippen LogP contribution in [0.25, 0.3) is 0 Å². The minimum Gasteiger partial charge on any atom is -0.326 e. The van der Waals surface area contributed by atoms with Crippen LogP contribution in [0.2, 0.25) is 0 Å². The fourth-order valence-corrected chi connectivity index (χ4v) is 2.31. The molecule has 1 amide bonds. The van der Waals surface area contributed by atoms with Crippen molar-refractivity contribution in [1.82, 2.24) is 4.90 Å². The Labute approximate surface area is 113 Å². The van der Waals surface area contributed by atoms with E-state index in [-0.39, 0.29) is 11.7 Å². The first kappa shape index (κ1) is 13.7. The van der Waals surface area contributed by atoms with E-state index < -0.39 is 0 Å². The standard InChI is InChI=1S/C15H20N2O2/c1-12(18)13-5-4-6-14(11-13)16-15(19)7-10-17-8-2-3-9-17/h4-6,11H,2-3,7-10H2,1H3,(H,16,19). The summed E-state index contributed by atoms with van der Waals surface area (Å²) in [6.07, 6.45) is 2.98. The van der Waals surface area contributed by atoms with Gasteiger partial charge in [0.05, 0.1) is 0 Å². The lowest BCUT2D eigenvalue weighted by Gasteiger charge is -2.14. The number of carbonyl (C=O) groups excluding carboxylic acids is 2. The molecule has 102 valence electrons. The number of nitrogens with zero attached hydrogens (tertiary/aromatic N) is 1. The van der Waals surface area contributed by atoms with Crippen molar-refractivity contribution in [2.24, 2.45) is 0 Å². The largest absolute Gasteiger partial charge is 0.326 e. The predicted molar refractivity (Wildman–Crippen MR) is 75.4 cm³/mol. The molecule has 19 heavy (non-hydrogen) atoms. The quantitative estimate of drug-likeness (QED) is 0.826. The molecular weight excluding hydrogens is 240 g/mol. The molecule has 1 aromatic rings. The molecule has 0 saturated carbocycles.